The number of nitrogens with zero attached hydrogens (tertiary/aromatic N) is 2. The van der Waals surface area contributed by atoms with Crippen LogP contribution in [-0.4, -0.2) is 68.6 Å². The van der Waals surface area contributed by atoms with Crippen LogP contribution in [0.25, 0.3) is 0 Å². The maximum absolute atomic E-state index is 11.3. The van der Waals surface area contributed by atoms with Gasteiger partial charge in [-0.05, 0) is 12.1 Å². The lowest BCUT2D eigenvalue weighted by atomic mass is 10.3. The molecule has 0 saturated carbocycles. The molecule has 1 aliphatic rings. The molecule has 1 aliphatic heterocycles. The summed E-state index contributed by atoms with van der Waals surface area (Å²) in [4.78, 5) is 15.9. The van der Waals surface area contributed by atoms with Crippen LogP contribution in [0.4, 0.5) is 0 Å². The summed E-state index contributed by atoms with van der Waals surface area (Å²) in [5.74, 6) is 1.01. The maximum atomic E-state index is 11.3. The minimum absolute atomic E-state index is 0.0888. The summed E-state index contributed by atoms with van der Waals surface area (Å²) >= 11 is 0. The minimum atomic E-state index is 0.0888. The molecule has 0 aromatic heterocycles. The summed E-state index contributed by atoms with van der Waals surface area (Å²) < 4.78 is 5.70. The predicted molar refractivity (Wildman–Crippen MR) is 102 cm³/mol. The smallest absolute Gasteiger partial charge is 0.233 e. The Kier molecular flexibility index (Phi) is 14.0. The van der Waals surface area contributed by atoms with Gasteiger partial charge >= 0.3 is 0 Å². The van der Waals surface area contributed by atoms with Crippen LogP contribution in [0.1, 0.15) is 27.7 Å². The van der Waals surface area contributed by atoms with Gasteiger partial charge in [-0.25, -0.2) is 0 Å². The highest BCUT2D eigenvalue weighted by molar-refractivity contribution is 5.77. The minimum Gasteiger partial charge on any atom is -0.492 e. The van der Waals surface area contributed by atoms with Gasteiger partial charge in [0.25, 0.3) is 0 Å². The predicted octanol–water partition coefficient (Wildman–Crippen LogP) is 2.48. The van der Waals surface area contributed by atoms with E-state index < -0.39 is 0 Å². The molecule has 1 N–H and O–H groups in total. The summed E-state index contributed by atoms with van der Waals surface area (Å²) in [6.45, 7) is 14.0. The van der Waals surface area contributed by atoms with Crippen molar-refractivity contribution in [2.45, 2.75) is 27.7 Å². The van der Waals surface area contributed by atoms with Gasteiger partial charge in [-0.3, -0.25) is 14.6 Å². The first-order valence-corrected chi connectivity index (χ1v) is 9.11. The Morgan fingerprint density at radius 2 is 1.54 bits per heavy atom. The molecule has 24 heavy (non-hydrogen) atoms. The lowest BCUT2D eigenvalue weighted by Crippen LogP contribution is -2.49. The van der Waals surface area contributed by atoms with Crippen LogP contribution < -0.4 is 10.1 Å². The van der Waals surface area contributed by atoms with E-state index in [1.165, 1.54) is 0 Å². The Hall–Kier alpha value is -1.59. The number of nitrogens with one attached hydrogen (secondary N) is 1. The molecule has 138 valence electrons. The molecular weight excluding hydrogens is 302 g/mol. The molecule has 1 fully saturated rings. The molecule has 0 spiro atoms. The van der Waals surface area contributed by atoms with Crippen LogP contribution in [-0.2, 0) is 4.79 Å². The number of hydrogen-bond donors (Lipinski definition) is 1. The summed E-state index contributed by atoms with van der Waals surface area (Å²) in [6.07, 6.45) is 0. The van der Waals surface area contributed by atoms with E-state index in [0.717, 1.165) is 38.5 Å². The first-order valence-electron chi connectivity index (χ1n) is 9.11. The highest BCUT2D eigenvalue weighted by atomic mass is 16.5. The number of amides is 1. The molecule has 1 heterocycles. The number of piperazine rings is 1. The molecule has 0 aliphatic carbocycles. The van der Waals surface area contributed by atoms with E-state index in [4.69, 9.17) is 4.74 Å². The third-order valence-corrected chi connectivity index (χ3v) is 3.53. The molecule has 1 amide bonds. The Balaban J connectivity index is 0.00000123. The van der Waals surface area contributed by atoms with Gasteiger partial charge in [0.15, 0.2) is 0 Å². The van der Waals surface area contributed by atoms with E-state index in [9.17, 15) is 4.79 Å². The topological polar surface area (TPSA) is 44.8 Å². The SMILES string of the molecule is CC.CC.CNC(=O)CN1CCN(CCOc2ccccc2)CC1. The van der Waals surface area contributed by atoms with Crippen LogP contribution >= 0.6 is 0 Å². The number of carbonyl (C=O) groups excluding carboxylic acids is 1. The monoisotopic (exact) mass is 337 g/mol. The fourth-order valence-corrected chi connectivity index (χ4v) is 2.26. The lowest BCUT2D eigenvalue weighted by Gasteiger charge is -2.34. The standard InChI is InChI=1S/C15H23N3O2.2C2H6/c1-16-15(19)13-18-9-7-17(8-10-18)11-12-20-14-5-3-2-4-6-14;2*1-2/h2-6H,7-13H2,1H3,(H,16,19);2*1-2H3. The number of ether oxygens (including phenoxy) is 1. The number of hydrogen-bond acceptors (Lipinski definition) is 4. The fourth-order valence-electron chi connectivity index (χ4n) is 2.26. The number of rotatable bonds is 6. The van der Waals surface area contributed by atoms with Crippen molar-refractivity contribution in [3.63, 3.8) is 0 Å². The molecule has 1 saturated heterocycles. The van der Waals surface area contributed by atoms with Gasteiger partial charge < -0.3 is 10.1 Å². The molecule has 1 aromatic carbocycles. The lowest BCUT2D eigenvalue weighted by molar-refractivity contribution is -0.122. The van der Waals surface area contributed by atoms with Crippen molar-refractivity contribution in [2.24, 2.45) is 0 Å². The zero-order chi connectivity index (χ0) is 18.2. The summed E-state index contributed by atoms with van der Waals surface area (Å²) in [6, 6.07) is 9.89. The first kappa shape index (κ1) is 22.4. The van der Waals surface area contributed by atoms with Crippen LogP contribution in [0.15, 0.2) is 30.3 Å². The zero-order valence-electron chi connectivity index (χ0n) is 16.0. The third-order valence-electron chi connectivity index (χ3n) is 3.53. The quantitative estimate of drug-likeness (QED) is 0.866. The molecule has 0 radical (unpaired) electrons. The normalized spacial score (nSPS) is 14.5. The van der Waals surface area contributed by atoms with E-state index in [2.05, 4.69) is 15.1 Å². The van der Waals surface area contributed by atoms with Crippen LogP contribution in [0, 0.1) is 0 Å². The third kappa shape index (κ3) is 9.53. The van der Waals surface area contributed by atoms with Crippen LogP contribution in [0.2, 0.25) is 0 Å². The van der Waals surface area contributed by atoms with Gasteiger partial charge in [0, 0.05) is 39.8 Å². The van der Waals surface area contributed by atoms with E-state index in [0.29, 0.717) is 13.2 Å². The van der Waals surface area contributed by atoms with Crippen molar-refractivity contribution in [3.05, 3.63) is 30.3 Å². The zero-order valence-corrected chi connectivity index (χ0v) is 16.0. The maximum Gasteiger partial charge on any atom is 0.233 e. The fraction of sp³-hybridized carbons (Fsp3) is 0.632. The molecule has 2 rings (SSSR count). The Morgan fingerprint density at radius 1 is 1.00 bits per heavy atom. The number of likely N-dealkylation sites (N-methyl/N-ethyl adjacent to an activating group) is 1. The molecule has 5 nitrogen and oxygen atoms in total. The average molecular weight is 338 g/mol. The number of carbonyl (C=O) groups is 1. The highest BCUT2D eigenvalue weighted by Gasteiger charge is 2.18. The van der Waals surface area contributed by atoms with E-state index in [1.54, 1.807) is 7.05 Å². The first-order chi connectivity index (χ1) is 11.8. The van der Waals surface area contributed by atoms with Crippen molar-refractivity contribution >= 4 is 5.91 Å². The number of benzene rings is 1. The Labute approximate surface area is 148 Å². The second kappa shape index (κ2) is 15.0. The second-order valence-corrected chi connectivity index (χ2v) is 4.95. The molecular formula is C19H35N3O2. The Bertz CT molecular complexity index is 404. The molecule has 0 atom stereocenters. The van der Waals surface area contributed by atoms with Crippen LogP contribution in [0.5, 0.6) is 5.75 Å². The van der Waals surface area contributed by atoms with Gasteiger partial charge in [-0.15, -0.1) is 0 Å². The van der Waals surface area contributed by atoms with Crippen molar-refractivity contribution < 1.29 is 9.53 Å². The molecule has 0 bridgehead atoms. The van der Waals surface area contributed by atoms with Gasteiger partial charge in [0.2, 0.25) is 5.91 Å². The molecule has 0 unspecified atom stereocenters. The molecule has 5 heteroatoms. The second-order valence-electron chi connectivity index (χ2n) is 4.95. The van der Waals surface area contributed by atoms with E-state index in [1.807, 2.05) is 58.0 Å². The van der Waals surface area contributed by atoms with Gasteiger partial charge in [0.1, 0.15) is 12.4 Å². The largest absolute Gasteiger partial charge is 0.492 e. The van der Waals surface area contributed by atoms with Gasteiger partial charge in [-0.1, -0.05) is 45.9 Å². The van der Waals surface area contributed by atoms with Crippen molar-refractivity contribution in [1.29, 1.82) is 0 Å². The van der Waals surface area contributed by atoms with E-state index in [-0.39, 0.29) is 5.91 Å². The summed E-state index contributed by atoms with van der Waals surface area (Å²) in [5, 5.41) is 2.66. The highest BCUT2D eigenvalue weighted by Crippen LogP contribution is 2.08. The van der Waals surface area contributed by atoms with Crippen molar-refractivity contribution in [1.82, 2.24) is 15.1 Å². The summed E-state index contributed by atoms with van der Waals surface area (Å²) in [5.41, 5.74) is 0. The average Bonchev–Trinajstić information content (AvgIpc) is 2.67. The van der Waals surface area contributed by atoms with Crippen molar-refractivity contribution in [2.75, 3.05) is 52.9 Å². The van der Waals surface area contributed by atoms with E-state index >= 15 is 0 Å². The number of para-hydroxylation sites is 1. The van der Waals surface area contributed by atoms with Crippen LogP contribution in [0.3, 0.4) is 0 Å². The van der Waals surface area contributed by atoms with Gasteiger partial charge in [-0.2, -0.15) is 0 Å². The Morgan fingerprint density at radius 3 is 2.08 bits per heavy atom. The molecule has 1 aromatic rings. The summed E-state index contributed by atoms with van der Waals surface area (Å²) in [7, 11) is 1.68. The van der Waals surface area contributed by atoms with Crippen molar-refractivity contribution in [3.8, 4) is 5.75 Å². The van der Waals surface area contributed by atoms with Gasteiger partial charge in [0.05, 0.1) is 6.54 Å².